The van der Waals surface area contributed by atoms with E-state index in [1.54, 1.807) is 6.92 Å². The number of benzene rings is 1. The highest BCUT2D eigenvalue weighted by Crippen LogP contribution is 2.18. The van der Waals surface area contributed by atoms with Crippen molar-refractivity contribution < 1.29 is 18.7 Å². The van der Waals surface area contributed by atoms with Crippen LogP contribution in [0.4, 0.5) is 10.1 Å². The fourth-order valence-electron chi connectivity index (χ4n) is 2.89. The summed E-state index contributed by atoms with van der Waals surface area (Å²) in [5.74, 6) is -0.206. The lowest BCUT2D eigenvalue weighted by Gasteiger charge is -2.33. The number of hydrogen-bond acceptors (Lipinski definition) is 4. The van der Waals surface area contributed by atoms with Crippen LogP contribution < -0.4 is 10.6 Å². The zero-order chi connectivity index (χ0) is 19.6. The number of anilines is 1. The molecular weight excluding hydrogens is 351 g/mol. The number of hydrogen-bond donors (Lipinski definition) is 2. The molecule has 1 saturated heterocycles. The molecule has 1 aliphatic heterocycles. The first-order valence-electron chi connectivity index (χ1n) is 9.28. The fourth-order valence-corrected chi connectivity index (χ4v) is 2.89. The van der Waals surface area contributed by atoms with Gasteiger partial charge in [-0.3, -0.25) is 9.59 Å². The van der Waals surface area contributed by atoms with E-state index < -0.39 is 0 Å². The molecule has 1 aromatic carbocycles. The van der Waals surface area contributed by atoms with E-state index in [0.717, 1.165) is 0 Å². The summed E-state index contributed by atoms with van der Waals surface area (Å²) < 4.78 is 18.0. The molecule has 0 atom stereocenters. The molecule has 0 spiro atoms. The highest BCUT2D eigenvalue weighted by molar-refractivity contribution is 5.94. The van der Waals surface area contributed by atoms with Crippen molar-refractivity contribution >= 4 is 23.5 Å². The number of nitrogens with one attached hydrogen (secondary N) is 2. The number of amides is 1. The smallest absolute Gasteiger partial charge is 0.309 e. The minimum Gasteiger partial charge on any atom is -0.466 e. The minimum atomic E-state index is -0.355. The van der Waals surface area contributed by atoms with Crippen LogP contribution in [0.1, 0.15) is 26.7 Å². The predicted octanol–water partition coefficient (Wildman–Crippen LogP) is 2.00. The largest absolute Gasteiger partial charge is 0.466 e. The Morgan fingerprint density at radius 3 is 2.48 bits per heavy atom. The second-order valence-corrected chi connectivity index (χ2v) is 6.24. The maximum absolute atomic E-state index is 12.9. The van der Waals surface area contributed by atoms with E-state index in [2.05, 4.69) is 15.6 Å². The summed E-state index contributed by atoms with van der Waals surface area (Å²) in [6, 6.07) is 5.58. The van der Waals surface area contributed by atoms with Crippen molar-refractivity contribution in [1.29, 1.82) is 0 Å². The summed E-state index contributed by atoms with van der Waals surface area (Å²) in [4.78, 5) is 30.4. The monoisotopic (exact) mass is 378 g/mol. The van der Waals surface area contributed by atoms with Crippen LogP contribution in [0, 0.1) is 11.7 Å². The zero-order valence-corrected chi connectivity index (χ0v) is 15.8. The molecule has 8 heteroatoms. The first-order valence-corrected chi connectivity index (χ1v) is 9.28. The predicted molar refractivity (Wildman–Crippen MR) is 102 cm³/mol. The maximum atomic E-state index is 12.9. The second-order valence-electron chi connectivity index (χ2n) is 6.24. The third-order valence-corrected chi connectivity index (χ3v) is 4.25. The average Bonchev–Trinajstić information content (AvgIpc) is 2.67. The van der Waals surface area contributed by atoms with Gasteiger partial charge < -0.3 is 20.3 Å². The van der Waals surface area contributed by atoms with Crippen LogP contribution in [0.5, 0.6) is 0 Å². The maximum Gasteiger partial charge on any atom is 0.309 e. The Morgan fingerprint density at radius 1 is 1.22 bits per heavy atom. The van der Waals surface area contributed by atoms with Gasteiger partial charge in [0.15, 0.2) is 5.96 Å². The molecule has 0 unspecified atom stereocenters. The van der Waals surface area contributed by atoms with Crippen molar-refractivity contribution in [1.82, 2.24) is 10.2 Å². The van der Waals surface area contributed by atoms with Crippen molar-refractivity contribution in [2.24, 2.45) is 10.9 Å². The summed E-state index contributed by atoms with van der Waals surface area (Å²) in [6.45, 7) is 6.14. The number of carbonyl (C=O) groups is 2. The highest BCUT2D eigenvalue weighted by Gasteiger charge is 2.27. The van der Waals surface area contributed by atoms with Gasteiger partial charge in [0.1, 0.15) is 12.4 Å². The van der Waals surface area contributed by atoms with Gasteiger partial charge in [0, 0.05) is 25.3 Å². The average molecular weight is 378 g/mol. The molecule has 2 N–H and O–H groups in total. The summed E-state index contributed by atoms with van der Waals surface area (Å²) in [5.41, 5.74) is 0.525. The number of ether oxygens (including phenoxy) is 1. The summed E-state index contributed by atoms with van der Waals surface area (Å²) >= 11 is 0. The molecule has 1 heterocycles. The van der Waals surface area contributed by atoms with Crippen LogP contribution in [-0.2, 0) is 14.3 Å². The fraction of sp³-hybridized carbons (Fsp3) is 0.526. The lowest BCUT2D eigenvalue weighted by atomic mass is 9.97. The highest BCUT2D eigenvalue weighted by atomic mass is 19.1. The minimum absolute atomic E-state index is 0.0441. The Hall–Kier alpha value is -2.64. The second kappa shape index (κ2) is 10.5. The molecular formula is C19H27FN4O3. The molecule has 1 aromatic rings. The first-order chi connectivity index (χ1) is 13.0. The van der Waals surface area contributed by atoms with Crippen LogP contribution in [0.3, 0.4) is 0 Å². The van der Waals surface area contributed by atoms with E-state index in [1.807, 2.05) is 11.8 Å². The standard InChI is InChI=1S/C19H27FN4O3/c1-3-21-19(24-11-9-14(10-12-24)18(26)27-4-2)22-13-17(25)23-16-7-5-15(20)6-8-16/h5-8,14H,3-4,9-13H2,1-2H3,(H,21,22)(H,23,25). The number of nitrogens with zero attached hydrogens (tertiary/aromatic N) is 2. The molecule has 2 rings (SSSR count). The van der Waals surface area contributed by atoms with Crippen LogP contribution in [0.25, 0.3) is 0 Å². The quantitative estimate of drug-likeness (QED) is 0.449. The van der Waals surface area contributed by atoms with E-state index in [1.165, 1.54) is 24.3 Å². The molecule has 0 aliphatic carbocycles. The number of esters is 1. The molecule has 27 heavy (non-hydrogen) atoms. The van der Waals surface area contributed by atoms with Gasteiger partial charge in [0.05, 0.1) is 12.5 Å². The molecule has 1 fully saturated rings. The number of halogens is 1. The van der Waals surface area contributed by atoms with Gasteiger partial charge in [-0.25, -0.2) is 9.38 Å². The van der Waals surface area contributed by atoms with E-state index in [9.17, 15) is 14.0 Å². The third-order valence-electron chi connectivity index (χ3n) is 4.25. The summed E-state index contributed by atoms with van der Waals surface area (Å²) in [7, 11) is 0. The number of guanidine groups is 1. The van der Waals surface area contributed by atoms with E-state index in [4.69, 9.17) is 4.74 Å². The van der Waals surface area contributed by atoms with Gasteiger partial charge in [-0.1, -0.05) is 0 Å². The van der Waals surface area contributed by atoms with E-state index >= 15 is 0 Å². The Labute approximate surface area is 159 Å². The lowest BCUT2D eigenvalue weighted by molar-refractivity contribution is -0.149. The number of aliphatic imine (C=N–C) groups is 1. The first kappa shape index (κ1) is 20.7. The number of carbonyl (C=O) groups excluding carboxylic acids is 2. The molecule has 1 amide bonds. The Kier molecular flexibility index (Phi) is 8.03. The van der Waals surface area contributed by atoms with E-state index in [-0.39, 0.29) is 30.2 Å². The number of rotatable bonds is 6. The molecule has 0 radical (unpaired) electrons. The zero-order valence-electron chi connectivity index (χ0n) is 15.8. The molecule has 0 saturated carbocycles. The van der Waals surface area contributed by atoms with Crippen LogP contribution in [-0.4, -0.2) is 55.5 Å². The topological polar surface area (TPSA) is 83.0 Å². The lowest BCUT2D eigenvalue weighted by Crippen LogP contribution is -2.47. The third kappa shape index (κ3) is 6.54. The van der Waals surface area contributed by atoms with Crippen LogP contribution >= 0.6 is 0 Å². The van der Waals surface area contributed by atoms with Crippen LogP contribution in [0.2, 0.25) is 0 Å². The van der Waals surface area contributed by atoms with Gasteiger partial charge in [-0.05, 0) is 51.0 Å². The van der Waals surface area contributed by atoms with Crippen molar-refractivity contribution in [2.75, 3.05) is 38.1 Å². The molecule has 0 aromatic heterocycles. The van der Waals surface area contributed by atoms with Crippen molar-refractivity contribution in [3.8, 4) is 0 Å². The molecule has 148 valence electrons. The van der Waals surface area contributed by atoms with Crippen molar-refractivity contribution in [2.45, 2.75) is 26.7 Å². The Bertz CT molecular complexity index is 655. The molecule has 0 bridgehead atoms. The summed E-state index contributed by atoms with van der Waals surface area (Å²) in [5, 5.41) is 5.86. The number of likely N-dealkylation sites (tertiary alicyclic amines) is 1. The van der Waals surface area contributed by atoms with Gasteiger partial charge in [0.2, 0.25) is 5.91 Å². The summed E-state index contributed by atoms with van der Waals surface area (Å²) in [6.07, 6.45) is 1.40. The molecule has 7 nitrogen and oxygen atoms in total. The number of piperidine rings is 1. The van der Waals surface area contributed by atoms with Crippen molar-refractivity contribution in [3.63, 3.8) is 0 Å². The Balaban J connectivity index is 1.89. The normalized spacial score (nSPS) is 15.4. The van der Waals surface area contributed by atoms with Crippen molar-refractivity contribution in [3.05, 3.63) is 30.1 Å². The Morgan fingerprint density at radius 2 is 1.89 bits per heavy atom. The van der Waals surface area contributed by atoms with Gasteiger partial charge >= 0.3 is 5.97 Å². The SMILES string of the molecule is CCNC(=NCC(=O)Nc1ccc(F)cc1)N1CCC(C(=O)OCC)CC1. The van der Waals surface area contributed by atoms with Crippen LogP contribution in [0.15, 0.2) is 29.3 Å². The van der Waals surface area contributed by atoms with Gasteiger partial charge in [0.25, 0.3) is 0 Å². The van der Waals surface area contributed by atoms with E-state index in [0.29, 0.717) is 50.7 Å². The molecule has 1 aliphatic rings. The van der Waals surface area contributed by atoms with Gasteiger partial charge in [-0.15, -0.1) is 0 Å². The van der Waals surface area contributed by atoms with Gasteiger partial charge in [-0.2, -0.15) is 0 Å².